The summed E-state index contributed by atoms with van der Waals surface area (Å²) in [7, 11) is 2.81. The minimum Gasteiger partial charge on any atom is -0.366 e. The van der Waals surface area contributed by atoms with Gasteiger partial charge in [-0.25, -0.2) is 4.39 Å². The van der Waals surface area contributed by atoms with Crippen LogP contribution in [0.5, 0.6) is 0 Å². The molecule has 7 heteroatoms. The van der Waals surface area contributed by atoms with E-state index in [-0.39, 0.29) is 0 Å². The molecule has 0 unspecified atom stereocenters. The number of benzene rings is 1. The van der Waals surface area contributed by atoms with Crippen molar-refractivity contribution in [3.8, 4) is 0 Å². The zero-order valence-electron chi connectivity index (χ0n) is 8.47. The molecule has 2 amide bonds. The van der Waals surface area contributed by atoms with Gasteiger partial charge in [-0.1, -0.05) is 0 Å². The summed E-state index contributed by atoms with van der Waals surface area (Å²) in [6.07, 6.45) is 0. The van der Waals surface area contributed by atoms with Crippen LogP contribution in [0.4, 0.5) is 13.2 Å². The summed E-state index contributed by atoms with van der Waals surface area (Å²) in [5.41, 5.74) is 3.25. The molecule has 0 saturated carbocycles. The third-order valence-corrected chi connectivity index (χ3v) is 2.04. The molecule has 0 heterocycles. The average Bonchev–Trinajstić information content (AvgIpc) is 2.27. The summed E-state index contributed by atoms with van der Waals surface area (Å²) in [4.78, 5) is 21.6. The molecule has 1 aromatic carbocycles. The van der Waals surface area contributed by atoms with Crippen molar-refractivity contribution in [2.24, 2.45) is 5.73 Å². The van der Waals surface area contributed by atoms with E-state index >= 15 is 0 Å². The second kappa shape index (κ2) is 4.44. The Labute approximate surface area is 94.6 Å². The Morgan fingerprint density at radius 1 is 1.35 bits per heavy atom. The van der Waals surface area contributed by atoms with Crippen molar-refractivity contribution >= 4 is 11.8 Å². The van der Waals surface area contributed by atoms with E-state index in [9.17, 15) is 22.8 Å². The fourth-order valence-corrected chi connectivity index (χ4v) is 1.15. The average molecular weight is 245 g/mol. The van der Waals surface area contributed by atoms with Crippen LogP contribution in [-0.2, 0) is 10.7 Å². The van der Waals surface area contributed by atoms with Crippen molar-refractivity contribution in [1.29, 1.82) is 0 Å². The van der Waals surface area contributed by atoms with Crippen LogP contribution in [0, 0.1) is 12.9 Å². The van der Waals surface area contributed by atoms with Crippen LogP contribution >= 0.6 is 0 Å². The molecule has 1 radical (unpaired) electrons. The molecule has 0 aliphatic carbocycles. The van der Waals surface area contributed by atoms with Gasteiger partial charge in [0.1, 0.15) is 5.82 Å². The van der Waals surface area contributed by atoms with Gasteiger partial charge in [-0.3, -0.25) is 9.59 Å². The number of nitrogens with one attached hydrogen (secondary N) is 1. The van der Waals surface area contributed by atoms with Crippen LogP contribution < -0.4 is 11.1 Å². The Hall–Kier alpha value is -2.05. The Kier molecular flexibility index (Phi) is 3.40. The van der Waals surface area contributed by atoms with Crippen molar-refractivity contribution in [1.82, 2.24) is 5.32 Å². The molecular weight excluding hydrogens is 237 g/mol. The lowest BCUT2D eigenvalue weighted by Crippen LogP contribution is -2.35. The molecule has 0 aromatic heterocycles. The molecule has 1 rings (SSSR count). The number of primary amides is 1. The van der Waals surface area contributed by atoms with Crippen LogP contribution in [-0.4, -0.2) is 11.8 Å². The van der Waals surface area contributed by atoms with Crippen LogP contribution in [0.25, 0.3) is 0 Å². The summed E-state index contributed by atoms with van der Waals surface area (Å²) >= 11 is 0. The monoisotopic (exact) mass is 245 g/mol. The second-order valence-electron chi connectivity index (χ2n) is 3.14. The largest absolute Gasteiger partial charge is 0.366 e. The SMILES string of the molecule is [CH2]NC(=O)C(F)(F)c1ccc(F)c(C(N)=O)c1. The number of alkyl halides is 2. The molecular formula is C10H8F3N2O2. The highest BCUT2D eigenvalue weighted by atomic mass is 19.3. The molecule has 0 bridgehead atoms. The number of amides is 2. The Bertz CT molecular complexity index is 475. The Morgan fingerprint density at radius 2 is 1.94 bits per heavy atom. The number of carbonyl (C=O) groups excluding carboxylic acids is 2. The van der Waals surface area contributed by atoms with Gasteiger partial charge in [0, 0.05) is 12.6 Å². The van der Waals surface area contributed by atoms with E-state index in [1.54, 1.807) is 0 Å². The Balaban J connectivity index is 3.29. The van der Waals surface area contributed by atoms with Crippen molar-refractivity contribution in [2.75, 3.05) is 0 Å². The van der Waals surface area contributed by atoms with Crippen LogP contribution in [0.1, 0.15) is 15.9 Å². The van der Waals surface area contributed by atoms with Crippen molar-refractivity contribution in [3.63, 3.8) is 0 Å². The maximum absolute atomic E-state index is 13.4. The predicted octanol–water partition coefficient (Wildman–Crippen LogP) is 0.924. The number of halogens is 3. The van der Waals surface area contributed by atoms with Gasteiger partial charge < -0.3 is 11.1 Å². The highest BCUT2D eigenvalue weighted by Gasteiger charge is 2.40. The van der Waals surface area contributed by atoms with Crippen LogP contribution in [0.2, 0.25) is 0 Å². The van der Waals surface area contributed by atoms with E-state index in [2.05, 4.69) is 7.05 Å². The third-order valence-electron chi connectivity index (χ3n) is 2.04. The standard InChI is InChI=1S/C10H8F3N2O2/c1-15-9(17)10(12,13)5-2-3-7(11)6(4-5)8(14)16/h2-4H,1H2,(H2,14,16)(H,15,17). The minimum atomic E-state index is -3.92. The second-order valence-corrected chi connectivity index (χ2v) is 3.14. The summed E-state index contributed by atoms with van der Waals surface area (Å²) < 4.78 is 39.8. The lowest BCUT2D eigenvalue weighted by molar-refractivity contribution is -0.145. The lowest BCUT2D eigenvalue weighted by Gasteiger charge is -2.15. The predicted molar refractivity (Wildman–Crippen MR) is 52.3 cm³/mol. The maximum Gasteiger partial charge on any atom is 0.349 e. The molecule has 0 spiro atoms. The number of nitrogens with two attached hydrogens (primary N) is 1. The number of rotatable bonds is 3. The number of hydrogen-bond acceptors (Lipinski definition) is 2. The van der Waals surface area contributed by atoms with Gasteiger partial charge in [0.05, 0.1) is 5.56 Å². The highest BCUT2D eigenvalue weighted by Crippen LogP contribution is 2.29. The third kappa shape index (κ3) is 2.38. The normalized spacial score (nSPS) is 11.1. The number of hydrogen-bond donors (Lipinski definition) is 2. The van der Waals surface area contributed by atoms with Crippen molar-refractivity contribution < 1.29 is 22.8 Å². The van der Waals surface area contributed by atoms with E-state index in [1.807, 2.05) is 0 Å². The summed E-state index contributed by atoms with van der Waals surface area (Å²) in [6, 6.07) is 1.86. The van der Waals surface area contributed by atoms with Crippen LogP contribution in [0.15, 0.2) is 18.2 Å². The number of carbonyl (C=O) groups is 2. The maximum atomic E-state index is 13.4. The summed E-state index contributed by atoms with van der Waals surface area (Å²) in [5.74, 6) is -7.82. The molecule has 0 aliphatic heterocycles. The van der Waals surface area contributed by atoms with E-state index in [1.165, 1.54) is 5.32 Å². The molecule has 0 aliphatic rings. The van der Waals surface area contributed by atoms with Gasteiger partial charge in [0.25, 0.3) is 11.8 Å². The minimum absolute atomic E-state index is 0.535. The quantitative estimate of drug-likeness (QED) is 0.831. The van der Waals surface area contributed by atoms with E-state index < -0.39 is 34.7 Å². The topological polar surface area (TPSA) is 72.2 Å². The lowest BCUT2D eigenvalue weighted by atomic mass is 10.0. The molecule has 0 atom stereocenters. The van der Waals surface area contributed by atoms with E-state index in [0.717, 1.165) is 0 Å². The molecule has 1 aromatic rings. The molecule has 0 saturated heterocycles. The Morgan fingerprint density at radius 3 is 2.41 bits per heavy atom. The zero-order valence-corrected chi connectivity index (χ0v) is 8.47. The fourth-order valence-electron chi connectivity index (χ4n) is 1.15. The molecule has 17 heavy (non-hydrogen) atoms. The molecule has 3 N–H and O–H groups in total. The highest BCUT2D eigenvalue weighted by molar-refractivity contribution is 5.94. The molecule has 0 fully saturated rings. The van der Waals surface area contributed by atoms with Gasteiger partial charge >= 0.3 is 5.92 Å². The van der Waals surface area contributed by atoms with Crippen molar-refractivity contribution in [3.05, 3.63) is 42.2 Å². The first-order valence-corrected chi connectivity index (χ1v) is 4.36. The smallest absolute Gasteiger partial charge is 0.349 e. The first-order valence-electron chi connectivity index (χ1n) is 4.36. The van der Waals surface area contributed by atoms with Crippen molar-refractivity contribution in [2.45, 2.75) is 5.92 Å². The summed E-state index contributed by atoms with van der Waals surface area (Å²) in [5, 5.41) is 1.52. The first-order chi connectivity index (χ1) is 7.80. The van der Waals surface area contributed by atoms with Gasteiger partial charge in [-0.15, -0.1) is 0 Å². The van der Waals surface area contributed by atoms with Gasteiger partial charge in [-0.2, -0.15) is 8.78 Å². The van der Waals surface area contributed by atoms with Gasteiger partial charge in [0.15, 0.2) is 0 Å². The van der Waals surface area contributed by atoms with E-state index in [0.29, 0.717) is 18.2 Å². The fraction of sp³-hybridized carbons (Fsp3) is 0.100. The molecule has 91 valence electrons. The zero-order chi connectivity index (χ0) is 13.2. The van der Waals surface area contributed by atoms with Crippen LogP contribution in [0.3, 0.4) is 0 Å². The van der Waals surface area contributed by atoms with E-state index in [4.69, 9.17) is 5.73 Å². The summed E-state index contributed by atoms with van der Waals surface area (Å²) in [6.45, 7) is 0. The molecule has 4 nitrogen and oxygen atoms in total. The van der Waals surface area contributed by atoms with Gasteiger partial charge in [0.2, 0.25) is 0 Å². The van der Waals surface area contributed by atoms with Gasteiger partial charge in [-0.05, 0) is 18.2 Å². The first kappa shape index (κ1) is 13.0.